The van der Waals surface area contributed by atoms with Crippen molar-refractivity contribution >= 4 is 24.2 Å². The molecule has 124 valence electrons. The number of hydrogen-bond acceptors (Lipinski definition) is 3. The summed E-state index contributed by atoms with van der Waals surface area (Å²) in [5.74, 6) is -0.212. The maximum atomic E-state index is 12.0. The van der Waals surface area contributed by atoms with Gasteiger partial charge in [0.2, 0.25) is 11.8 Å². The normalized spacial score (nSPS) is 19.1. The third-order valence-corrected chi connectivity index (χ3v) is 3.92. The zero-order valence-corrected chi connectivity index (χ0v) is 14.7. The molecule has 0 bridgehead atoms. The molecular weight excluding hydrogens is 290 g/mol. The molecule has 1 aliphatic heterocycles. The van der Waals surface area contributed by atoms with Crippen molar-refractivity contribution in [1.82, 2.24) is 16.0 Å². The summed E-state index contributed by atoms with van der Waals surface area (Å²) < 4.78 is 0. The zero-order chi connectivity index (χ0) is 15.4. The molecule has 1 atom stereocenters. The van der Waals surface area contributed by atoms with Crippen LogP contribution in [0.15, 0.2) is 0 Å². The quantitative estimate of drug-likeness (QED) is 0.735. The maximum absolute atomic E-state index is 12.0. The lowest BCUT2D eigenvalue weighted by molar-refractivity contribution is -0.133. The van der Waals surface area contributed by atoms with Crippen LogP contribution in [0.5, 0.6) is 0 Å². The summed E-state index contributed by atoms with van der Waals surface area (Å²) in [6.45, 7) is 12.1. The van der Waals surface area contributed by atoms with Crippen LogP contribution < -0.4 is 16.0 Å². The fourth-order valence-corrected chi connectivity index (χ4v) is 2.14. The molecule has 21 heavy (non-hydrogen) atoms. The Hall–Kier alpha value is -0.810. The number of nitrogens with one attached hydrogen (secondary N) is 3. The molecule has 2 amide bonds. The van der Waals surface area contributed by atoms with Crippen molar-refractivity contribution in [2.75, 3.05) is 19.6 Å². The highest BCUT2D eigenvalue weighted by atomic mass is 35.5. The smallest absolute Gasteiger partial charge is 0.242 e. The van der Waals surface area contributed by atoms with Crippen LogP contribution in [-0.4, -0.2) is 37.5 Å². The highest BCUT2D eigenvalue weighted by Crippen LogP contribution is 2.26. The monoisotopic (exact) mass is 319 g/mol. The fourth-order valence-electron chi connectivity index (χ4n) is 2.14. The minimum Gasteiger partial charge on any atom is -0.354 e. The number of carbonyl (C=O) groups is 2. The molecule has 6 heteroatoms. The van der Waals surface area contributed by atoms with Crippen LogP contribution in [0, 0.1) is 10.8 Å². The second-order valence-electron chi connectivity index (χ2n) is 7.22. The molecule has 0 aromatic heterocycles. The third kappa shape index (κ3) is 6.66. The van der Waals surface area contributed by atoms with Gasteiger partial charge >= 0.3 is 0 Å². The van der Waals surface area contributed by atoms with Gasteiger partial charge in [-0.3, -0.25) is 9.59 Å². The molecule has 1 aliphatic rings. The van der Waals surface area contributed by atoms with E-state index < -0.39 is 11.5 Å². The first-order chi connectivity index (χ1) is 9.14. The van der Waals surface area contributed by atoms with E-state index in [4.69, 9.17) is 0 Å². The van der Waals surface area contributed by atoms with E-state index >= 15 is 0 Å². The van der Waals surface area contributed by atoms with Crippen molar-refractivity contribution in [2.45, 2.75) is 53.5 Å². The molecule has 0 aromatic carbocycles. The highest BCUT2D eigenvalue weighted by Gasteiger charge is 2.29. The molecule has 1 rings (SSSR count). The van der Waals surface area contributed by atoms with Gasteiger partial charge in [-0.2, -0.15) is 0 Å². The molecule has 1 saturated heterocycles. The zero-order valence-electron chi connectivity index (χ0n) is 13.8. The summed E-state index contributed by atoms with van der Waals surface area (Å²) in [5.41, 5.74) is -0.315. The summed E-state index contributed by atoms with van der Waals surface area (Å²) in [5, 5.41) is 9.05. The van der Waals surface area contributed by atoms with Crippen molar-refractivity contribution in [1.29, 1.82) is 0 Å². The van der Waals surface area contributed by atoms with E-state index in [2.05, 4.69) is 22.9 Å². The van der Waals surface area contributed by atoms with Gasteiger partial charge in [0, 0.05) is 12.0 Å². The van der Waals surface area contributed by atoms with Crippen molar-refractivity contribution < 1.29 is 9.59 Å². The first-order valence-electron chi connectivity index (χ1n) is 7.43. The lowest BCUT2D eigenvalue weighted by Crippen LogP contribution is -2.51. The maximum Gasteiger partial charge on any atom is 0.242 e. The molecule has 1 unspecified atom stereocenters. The Kier molecular flexibility index (Phi) is 7.68. The Labute approximate surface area is 134 Å². The molecular formula is C15H30ClN3O2. The highest BCUT2D eigenvalue weighted by molar-refractivity contribution is 5.89. The summed E-state index contributed by atoms with van der Waals surface area (Å²) in [4.78, 5) is 23.9. The molecule has 3 N–H and O–H groups in total. The van der Waals surface area contributed by atoms with Gasteiger partial charge in [0.05, 0.1) is 0 Å². The van der Waals surface area contributed by atoms with E-state index in [0.29, 0.717) is 6.54 Å². The van der Waals surface area contributed by atoms with Crippen LogP contribution in [0.4, 0.5) is 0 Å². The van der Waals surface area contributed by atoms with Crippen LogP contribution in [-0.2, 0) is 9.59 Å². The predicted molar refractivity (Wildman–Crippen MR) is 87.5 cm³/mol. The largest absolute Gasteiger partial charge is 0.354 e. The van der Waals surface area contributed by atoms with E-state index in [9.17, 15) is 9.59 Å². The van der Waals surface area contributed by atoms with Gasteiger partial charge in [-0.05, 0) is 38.3 Å². The average Bonchev–Trinajstić information content (AvgIpc) is 2.35. The molecule has 1 fully saturated rings. The van der Waals surface area contributed by atoms with Gasteiger partial charge in [-0.1, -0.05) is 27.7 Å². The number of halogens is 1. The van der Waals surface area contributed by atoms with Crippen LogP contribution in [0.1, 0.15) is 47.5 Å². The summed E-state index contributed by atoms with van der Waals surface area (Å²) in [7, 11) is 0. The van der Waals surface area contributed by atoms with Crippen molar-refractivity contribution in [3.05, 3.63) is 0 Å². The van der Waals surface area contributed by atoms with E-state index in [1.165, 1.54) is 0 Å². The second kappa shape index (κ2) is 7.99. The lowest BCUT2D eigenvalue weighted by Gasteiger charge is -2.34. The molecule has 0 aromatic rings. The SMILES string of the molecule is CC(NC(=O)C(C)(C)C)C(=O)NCC1(C)CCNCC1.Cl. The molecule has 0 aliphatic carbocycles. The van der Waals surface area contributed by atoms with Gasteiger partial charge < -0.3 is 16.0 Å². The minimum atomic E-state index is -0.493. The summed E-state index contributed by atoms with van der Waals surface area (Å²) in [6, 6.07) is -0.493. The van der Waals surface area contributed by atoms with Gasteiger partial charge in [-0.15, -0.1) is 12.4 Å². The van der Waals surface area contributed by atoms with Crippen molar-refractivity contribution in [3.63, 3.8) is 0 Å². The Morgan fingerprint density at radius 1 is 1.24 bits per heavy atom. The topological polar surface area (TPSA) is 70.2 Å². The van der Waals surface area contributed by atoms with E-state index in [1.54, 1.807) is 6.92 Å². The van der Waals surface area contributed by atoms with Crippen LogP contribution in [0.25, 0.3) is 0 Å². The van der Waals surface area contributed by atoms with Crippen molar-refractivity contribution in [3.8, 4) is 0 Å². The number of amides is 2. The van der Waals surface area contributed by atoms with Crippen LogP contribution in [0.2, 0.25) is 0 Å². The number of piperidine rings is 1. The Bertz CT molecular complexity index is 360. The molecule has 1 heterocycles. The Morgan fingerprint density at radius 3 is 2.24 bits per heavy atom. The Balaban J connectivity index is 0.00000400. The van der Waals surface area contributed by atoms with E-state index in [0.717, 1.165) is 25.9 Å². The van der Waals surface area contributed by atoms with Gasteiger partial charge in [0.15, 0.2) is 0 Å². The summed E-state index contributed by atoms with van der Waals surface area (Å²) in [6.07, 6.45) is 2.13. The number of hydrogen-bond donors (Lipinski definition) is 3. The van der Waals surface area contributed by atoms with Crippen molar-refractivity contribution in [2.24, 2.45) is 10.8 Å². The fraction of sp³-hybridized carbons (Fsp3) is 0.867. The first kappa shape index (κ1) is 20.2. The average molecular weight is 320 g/mol. The van der Waals surface area contributed by atoms with Crippen LogP contribution in [0.3, 0.4) is 0 Å². The first-order valence-corrected chi connectivity index (χ1v) is 7.43. The standard InChI is InChI=1S/C15H29N3O2.ClH/c1-11(18-13(20)14(2,3)4)12(19)17-10-15(5)6-8-16-9-7-15;/h11,16H,6-10H2,1-5H3,(H,17,19)(H,18,20);1H. The van der Waals surface area contributed by atoms with Gasteiger partial charge in [0.25, 0.3) is 0 Å². The summed E-state index contributed by atoms with van der Waals surface area (Å²) >= 11 is 0. The van der Waals surface area contributed by atoms with E-state index in [1.807, 2.05) is 20.8 Å². The van der Waals surface area contributed by atoms with E-state index in [-0.39, 0.29) is 29.6 Å². The lowest BCUT2D eigenvalue weighted by atomic mass is 9.81. The van der Waals surface area contributed by atoms with Gasteiger partial charge in [-0.25, -0.2) is 0 Å². The number of carbonyl (C=O) groups excluding carboxylic acids is 2. The third-order valence-electron chi connectivity index (χ3n) is 3.92. The van der Waals surface area contributed by atoms with Crippen LogP contribution >= 0.6 is 12.4 Å². The predicted octanol–water partition coefficient (Wildman–Crippen LogP) is 1.46. The molecule has 0 saturated carbocycles. The molecule has 5 nitrogen and oxygen atoms in total. The Morgan fingerprint density at radius 2 is 1.76 bits per heavy atom. The second-order valence-corrected chi connectivity index (χ2v) is 7.22. The van der Waals surface area contributed by atoms with Gasteiger partial charge in [0.1, 0.15) is 6.04 Å². The molecule has 0 radical (unpaired) electrons. The molecule has 0 spiro atoms. The number of rotatable bonds is 4. The minimum absolute atomic E-state index is 0.